The number of rotatable bonds is 6. The van der Waals surface area contributed by atoms with E-state index in [-0.39, 0.29) is 6.10 Å². The molecule has 0 aliphatic rings. The van der Waals surface area contributed by atoms with E-state index >= 15 is 0 Å². The van der Waals surface area contributed by atoms with Crippen molar-refractivity contribution < 1.29 is 9.47 Å². The Labute approximate surface area is 124 Å². The molecule has 6 heteroatoms. The number of methoxy groups -OCH3 is 1. The molecule has 0 aromatic carbocycles. The Kier molecular flexibility index (Phi) is 4.81. The minimum atomic E-state index is 0.0682. The first-order chi connectivity index (χ1) is 10.1. The predicted octanol–water partition coefficient (Wildman–Crippen LogP) is 2.47. The summed E-state index contributed by atoms with van der Waals surface area (Å²) < 4.78 is 10.8. The van der Waals surface area contributed by atoms with Gasteiger partial charge in [-0.1, -0.05) is 6.07 Å². The quantitative estimate of drug-likeness (QED) is 0.849. The largest absolute Gasteiger partial charge is 0.481 e. The zero-order valence-corrected chi connectivity index (χ0v) is 12.5. The first kappa shape index (κ1) is 14.9. The number of aromatic nitrogens is 2. The van der Waals surface area contributed by atoms with Crippen LogP contribution in [-0.4, -0.2) is 23.2 Å². The van der Waals surface area contributed by atoms with E-state index in [4.69, 9.17) is 15.2 Å². The number of hydrogen-bond donors (Lipinski definition) is 2. The molecule has 6 nitrogen and oxygen atoms in total. The lowest BCUT2D eigenvalue weighted by atomic mass is 10.2. The second-order valence-corrected chi connectivity index (χ2v) is 4.78. The number of nitrogens with two attached hydrogens (primary N) is 1. The maximum atomic E-state index is 5.90. The third kappa shape index (κ3) is 3.98. The second-order valence-electron chi connectivity index (χ2n) is 4.78. The van der Waals surface area contributed by atoms with Gasteiger partial charge in [0.1, 0.15) is 0 Å². The van der Waals surface area contributed by atoms with Gasteiger partial charge >= 0.3 is 0 Å². The SMILES string of the molecule is COc1ccc(N)c(NCc2cccnc2OC(C)C)n1. The smallest absolute Gasteiger partial charge is 0.218 e. The molecule has 2 aromatic rings. The maximum absolute atomic E-state index is 5.90. The molecule has 0 spiro atoms. The van der Waals surface area contributed by atoms with Crippen molar-refractivity contribution in [2.24, 2.45) is 0 Å². The normalized spacial score (nSPS) is 10.5. The first-order valence-corrected chi connectivity index (χ1v) is 6.75. The summed E-state index contributed by atoms with van der Waals surface area (Å²) in [5.74, 6) is 1.70. The average Bonchev–Trinajstić information content (AvgIpc) is 2.47. The lowest BCUT2D eigenvalue weighted by molar-refractivity contribution is 0.230. The molecule has 21 heavy (non-hydrogen) atoms. The van der Waals surface area contributed by atoms with Gasteiger partial charge in [0.2, 0.25) is 11.8 Å². The van der Waals surface area contributed by atoms with Crippen molar-refractivity contribution in [3.63, 3.8) is 0 Å². The van der Waals surface area contributed by atoms with Crippen LogP contribution < -0.4 is 20.5 Å². The van der Waals surface area contributed by atoms with Gasteiger partial charge in [0.15, 0.2) is 5.82 Å². The van der Waals surface area contributed by atoms with E-state index in [0.29, 0.717) is 29.8 Å². The van der Waals surface area contributed by atoms with Gasteiger partial charge in [-0.05, 0) is 26.0 Å². The van der Waals surface area contributed by atoms with E-state index in [1.165, 1.54) is 0 Å². The van der Waals surface area contributed by atoms with E-state index in [0.717, 1.165) is 5.56 Å². The lowest BCUT2D eigenvalue weighted by Crippen LogP contribution is -2.11. The molecular weight excluding hydrogens is 268 g/mol. The number of pyridine rings is 2. The Bertz CT molecular complexity index is 602. The Morgan fingerprint density at radius 3 is 2.81 bits per heavy atom. The topological polar surface area (TPSA) is 82.3 Å². The molecule has 0 fully saturated rings. The molecule has 0 unspecified atom stereocenters. The molecule has 0 radical (unpaired) electrons. The molecule has 0 amide bonds. The molecule has 0 atom stereocenters. The Balaban J connectivity index is 2.13. The number of hydrogen-bond acceptors (Lipinski definition) is 6. The van der Waals surface area contributed by atoms with Crippen molar-refractivity contribution in [2.75, 3.05) is 18.2 Å². The standard InChI is InChI=1S/C15H20N4O2/c1-10(2)21-15-11(5-4-8-17-15)9-18-14-12(16)6-7-13(19-14)20-3/h4-8,10H,9,16H2,1-3H3,(H,18,19). The summed E-state index contributed by atoms with van der Waals surface area (Å²) in [6, 6.07) is 7.29. The molecule has 0 saturated heterocycles. The van der Waals surface area contributed by atoms with Gasteiger partial charge in [-0.2, -0.15) is 4.98 Å². The van der Waals surface area contributed by atoms with Crippen molar-refractivity contribution in [2.45, 2.75) is 26.5 Å². The fourth-order valence-corrected chi connectivity index (χ4v) is 1.77. The zero-order chi connectivity index (χ0) is 15.2. The second kappa shape index (κ2) is 6.78. The third-order valence-corrected chi connectivity index (χ3v) is 2.75. The van der Waals surface area contributed by atoms with Crippen molar-refractivity contribution in [3.05, 3.63) is 36.0 Å². The number of nitrogens with one attached hydrogen (secondary N) is 1. The Morgan fingerprint density at radius 2 is 2.10 bits per heavy atom. The van der Waals surface area contributed by atoms with Crippen LogP contribution in [0.4, 0.5) is 11.5 Å². The lowest BCUT2D eigenvalue weighted by Gasteiger charge is -2.14. The van der Waals surface area contributed by atoms with Gasteiger partial charge in [0.25, 0.3) is 0 Å². The van der Waals surface area contributed by atoms with Gasteiger partial charge in [-0.3, -0.25) is 0 Å². The third-order valence-electron chi connectivity index (χ3n) is 2.75. The number of anilines is 2. The number of nitrogens with zero attached hydrogens (tertiary/aromatic N) is 2. The summed E-state index contributed by atoms with van der Waals surface area (Å²) in [6.45, 7) is 4.45. The van der Waals surface area contributed by atoms with Crippen LogP contribution in [0, 0.1) is 0 Å². The average molecular weight is 288 g/mol. The Hall–Kier alpha value is -2.50. The van der Waals surface area contributed by atoms with Crippen molar-refractivity contribution in [1.29, 1.82) is 0 Å². The van der Waals surface area contributed by atoms with Crippen LogP contribution in [0.2, 0.25) is 0 Å². The van der Waals surface area contributed by atoms with E-state index in [1.807, 2.05) is 26.0 Å². The van der Waals surface area contributed by atoms with E-state index in [2.05, 4.69) is 15.3 Å². The zero-order valence-electron chi connectivity index (χ0n) is 12.5. The summed E-state index contributed by atoms with van der Waals surface area (Å²) in [6.07, 6.45) is 1.78. The molecule has 0 aliphatic carbocycles. The predicted molar refractivity (Wildman–Crippen MR) is 82.5 cm³/mol. The summed E-state index contributed by atoms with van der Waals surface area (Å²) >= 11 is 0. The summed E-state index contributed by atoms with van der Waals surface area (Å²) in [4.78, 5) is 8.53. The van der Waals surface area contributed by atoms with Crippen LogP contribution in [0.15, 0.2) is 30.5 Å². The van der Waals surface area contributed by atoms with Gasteiger partial charge in [-0.25, -0.2) is 4.98 Å². The highest BCUT2D eigenvalue weighted by molar-refractivity contribution is 5.62. The van der Waals surface area contributed by atoms with Crippen molar-refractivity contribution in [3.8, 4) is 11.8 Å². The summed E-state index contributed by atoms with van der Waals surface area (Å²) in [5.41, 5.74) is 7.40. The van der Waals surface area contributed by atoms with Crippen LogP contribution in [0.25, 0.3) is 0 Å². The monoisotopic (exact) mass is 288 g/mol. The molecule has 0 bridgehead atoms. The minimum absolute atomic E-state index is 0.0682. The molecule has 2 aromatic heterocycles. The van der Waals surface area contributed by atoms with E-state index in [9.17, 15) is 0 Å². The molecule has 2 heterocycles. The van der Waals surface area contributed by atoms with Gasteiger partial charge in [0.05, 0.1) is 18.9 Å². The molecule has 112 valence electrons. The van der Waals surface area contributed by atoms with E-state index < -0.39 is 0 Å². The number of nitrogen functional groups attached to an aromatic ring is 1. The summed E-state index contributed by atoms with van der Waals surface area (Å²) in [5, 5.41) is 3.18. The van der Waals surface area contributed by atoms with Crippen LogP contribution in [0.1, 0.15) is 19.4 Å². The minimum Gasteiger partial charge on any atom is -0.481 e. The molecule has 0 aliphatic heterocycles. The Morgan fingerprint density at radius 1 is 1.29 bits per heavy atom. The first-order valence-electron chi connectivity index (χ1n) is 6.75. The van der Waals surface area contributed by atoms with Gasteiger partial charge in [0, 0.05) is 24.4 Å². The summed E-state index contributed by atoms with van der Waals surface area (Å²) in [7, 11) is 1.57. The highest BCUT2D eigenvalue weighted by Crippen LogP contribution is 2.22. The maximum Gasteiger partial charge on any atom is 0.218 e. The highest BCUT2D eigenvalue weighted by Gasteiger charge is 2.08. The fraction of sp³-hybridized carbons (Fsp3) is 0.333. The van der Waals surface area contributed by atoms with Crippen molar-refractivity contribution >= 4 is 11.5 Å². The van der Waals surface area contributed by atoms with Crippen LogP contribution >= 0.6 is 0 Å². The molecule has 2 rings (SSSR count). The number of ether oxygens (including phenoxy) is 2. The van der Waals surface area contributed by atoms with Gasteiger partial charge in [-0.15, -0.1) is 0 Å². The van der Waals surface area contributed by atoms with E-state index in [1.54, 1.807) is 25.4 Å². The van der Waals surface area contributed by atoms with Gasteiger partial charge < -0.3 is 20.5 Å². The molecular formula is C15H20N4O2. The van der Waals surface area contributed by atoms with Crippen molar-refractivity contribution in [1.82, 2.24) is 9.97 Å². The molecule has 0 saturated carbocycles. The van der Waals surface area contributed by atoms with Crippen LogP contribution in [0.3, 0.4) is 0 Å². The highest BCUT2D eigenvalue weighted by atomic mass is 16.5. The van der Waals surface area contributed by atoms with Crippen LogP contribution in [-0.2, 0) is 6.54 Å². The molecule has 3 N–H and O–H groups in total. The van der Waals surface area contributed by atoms with Crippen LogP contribution in [0.5, 0.6) is 11.8 Å². The fourth-order valence-electron chi connectivity index (χ4n) is 1.77.